The van der Waals surface area contributed by atoms with Gasteiger partial charge in [0.25, 0.3) is 11.8 Å². The first kappa shape index (κ1) is 16.9. The van der Waals surface area contributed by atoms with Gasteiger partial charge in [-0.2, -0.15) is 5.10 Å². The minimum atomic E-state index is -0.544. The molecule has 8 nitrogen and oxygen atoms in total. The quantitative estimate of drug-likeness (QED) is 0.885. The molecule has 25 heavy (non-hydrogen) atoms. The lowest BCUT2D eigenvalue weighted by Crippen LogP contribution is -2.42. The number of anilines is 2. The molecular weight excluding hydrogens is 320 g/mol. The molecule has 0 aliphatic carbocycles. The van der Waals surface area contributed by atoms with Crippen LogP contribution in [0.25, 0.3) is 0 Å². The average molecular weight is 342 g/mol. The van der Waals surface area contributed by atoms with Crippen molar-refractivity contribution in [3.8, 4) is 0 Å². The Hall–Kier alpha value is -2.90. The van der Waals surface area contributed by atoms with Crippen molar-refractivity contribution in [1.29, 1.82) is 0 Å². The van der Waals surface area contributed by atoms with Crippen molar-refractivity contribution in [2.75, 3.05) is 30.4 Å². The van der Waals surface area contributed by atoms with Crippen LogP contribution < -0.4 is 15.1 Å². The number of hydrogen-bond donors (Lipinski definition) is 1. The predicted octanol–water partition coefficient (Wildman–Crippen LogP) is 0.725. The van der Waals surface area contributed by atoms with Crippen LogP contribution in [0.2, 0.25) is 0 Å². The Morgan fingerprint density at radius 3 is 2.80 bits per heavy atom. The number of amides is 2. The van der Waals surface area contributed by atoms with E-state index in [-0.39, 0.29) is 11.8 Å². The van der Waals surface area contributed by atoms with E-state index in [9.17, 15) is 9.59 Å². The van der Waals surface area contributed by atoms with Crippen LogP contribution in [-0.4, -0.2) is 53.3 Å². The zero-order valence-corrected chi connectivity index (χ0v) is 14.9. The Bertz CT molecular complexity index is 813. The summed E-state index contributed by atoms with van der Waals surface area (Å²) < 4.78 is 1.68. The molecule has 0 saturated carbocycles. The molecule has 0 bridgehead atoms. The lowest BCUT2D eigenvalue weighted by atomic mass is 10.2. The van der Waals surface area contributed by atoms with Crippen LogP contribution >= 0.6 is 0 Å². The van der Waals surface area contributed by atoms with Gasteiger partial charge >= 0.3 is 0 Å². The zero-order chi connectivity index (χ0) is 18.1. The number of pyridine rings is 1. The third-order valence-electron chi connectivity index (χ3n) is 4.22. The molecular formula is C17H22N6O2. The van der Waals surface area contributed by atoms with Crippen molar-refractivity contribution in [2.24, 2.45) is 7.05 Å². The molecule has 1 N–H and O–H groups in total. The number of carbonyl (C=O) groups excluding carboxylic acids is 2. The minimum Gasteiger partial charge on any atom is -0.362 e. The van der Waals surface area contributed by atoms with Gasteiger partial charge < -0.3 is 10.2 Å². The van der Waals surface area contributed by atoms with Gasteiger partial charge in [0.2, 0.25) is 0 Å². The second kappa shape index (κ2) is 6.54. The molecule has 2 amide bonds. The van der Waals surface area contributed by atoms with Crippen molar-refractivity contribution in [2.45, 2.75) is 19.4 Å². The third-order valence-corrected chi connectivity index (χ3v) is 4.22. The van der Waals surface area contributed by atoms with E-state index in [1.807, 2.05) is 27.1 Å². The molecule has 0 radical (unpaired) electrons. The van der Waals surface area contributed by atoms with Crippen molar-refractivity contribution in [3.63, 3.8) is 0 Å². The Kier molecular flexibility index (Phi) is 4.43. The van der Waals surface area contributed by atoms with Crippen molar-refractivity contribution in [3.05, 3.63) is 35.7 Å². The molecule has 3 rings (SSSR count). The summed E-state index contributed by atoms with van der Waals surface area (Å²) in [5.74, 6) is 0.906. The first-order valence-electron chi connectivity index (χ1n) is 8.13. The normalized spacial score (nSPS) is 17.0. The van der Waals surface area contributed by atoms with E-state index in [0.29, 0.717) is 24.3 Å². The first-order valence-corrected chi connectivity index (χ1v) is 8.13. The van der Waals surface area contributed by atoms with Gasteiger partial charge in [-0.05, 0) is 25.5 Å². The zero-order valence-electron chi connectivity index (χ0n) is 14.9. The van der Waals surface area contributed by atoms with E-state index in [2.05, 4.69) is 15.4 Å². The molecule has 1 atom stereocenters. The molecule has 8 heteroatoms. The monoisotopic (exact) mass is 342 g/mol. The standard InChI is InChI=1S/C17H22N6O2/c1-11-10-14(22(4)20-11)23-9-7-13(17(23)25)19-16(24)12-6-5-8-18-15(12)21(2)3/h5-6,8,10,13H,7,9H2,1-4H3,(H,19,24). The van der Waals surface area contributed by atoms with Gasteiger partial charge in [0, 0.05) is 40.0 Å². The molecule has 2 aromatic heterocycles. The van der Waals surface area contributed by atoms with Crippen molar-refractivity contribution < 1.29 is 9.59 Å². The van der Waals surface area contributed by atoms with Gasteiger partial charge in [0.05, 0.1) is 11.3 Å². The highest BCUT2D eigenvalue weighted by molar-refractivity contribution is 6.05. The Morgan fingerprint density at radius 1 is 1.40 bits per heavy atom. The summed E-state index contributed by atoms with van der Waals surface area (Å²) in [5.41, 5.74) is 1.30. The second-order valence-corrected chi connectivity index (χ2v) is 6.34. The summed E-state index contributed by atoms with van der Waals surface area (Å²) in [7, 11) is 5.46. The highest BCUT2D eigenvalue weighted by atomic mass is 16.2. The molecule has 1 aliphatic heterocycles. The highest BCUT2D eigenvalue weighted by Gasteiger charge is 2.35. The molecule has 3 heterocycles. The number of rotatable bonds is 4. The Morgan fingerprint density at radius 2 is 2.16 bits per heavy atom. The van der Waals surface area contributed by atoms with Crippen molar-refractivity contribution >= 4 is 23.5 Å². The molecule has 2 aromatic rings. The lowest BCUT2D eigenvalue weighted by molar-refractivity contribution is -0.118. The number of aryl methyl sites for hydroxylation is 2. The fraction of sp³-hybridized carbons (Fsp3) is 0.412. The van der Waals surface area contributed by atoms with Crippen LogP contribution in [0.1, 0.15) is 22.5 Å². The molecule has 1 saturated heterocycles. The summed E-state index contributed by atoms with van der Waals surface area (Å²) in [6, 6.07) is 4.74. The van der Waals surface area contributed by atoms with Crippen molar-refractivity contribution in [1.82, 2.24) is 20.1 Å². The Balaban J connectivity index is 1.75. The smallest absolute Gasteiger partial charge is 0.255 e. The van der Waals surface area contributed by atoms with E-state index in [1.54, 1.807) is 39.9 Å². The van der Waals surface area contributed by atoms with Crippen LogP contribution in [-0.2, 0) is 11.8 Å². The summed E-state index contributed by atoms with van der Waals surface area (Å²) in [6.45, 7) is 2.44. The number of hydrogen-bond acceptors (Lipinski definition) is 5. The summed E-state index contributed by atoms with van der Waals surface area (Å²) in [4.78, 5) is 33.0. The minimum absolute atomic E-state index is 0.119. The SMILES string of the molecule is Cc1cc(N2CCC(NC(=O)c3cccnc3N(C)C)C2=O)n(C)n1. The average Bonchev–Trinajstić information content (AvgIpc) is 3.09. The van der Waals surface area contributed by atoms with Gasteiger partial charge in [-0.1, -0.05) is 0 Å². The predicted molar refractivity (Wildman–Crippen MR) is 94.7 cm³/mol. The fourth-order valence-electron chi connectivity index (χ4n) is 3.06. The third kappa shape index (κ3) is 3.19. The number of nitrogens with zero attached hydrogens (tertiary/aromatic N) is 5. The largest absolute Gasteiger partial charge is 0.362 e. The van der Waals surface area contributed by atoms with Gasteiger partial charge in [0.1, 0.15) is 17.7 Å². The second-order valence-electron chi connectivity index (χ2n) is 6.34. The molecule has 132 valence electrons. The van der Waals surface area contributed by atoms with E-state index in [1.165, 1.54) is 0 Å². The van der Waals surface area contributed by atoms with E-state index >= 15 is 0 Å². The maximum absolute atomic E-state index is 12.7. The molecule has 0 aromatic carbocycles. The van der Waals surface area contributed by atoms with E-state index < -0.39 is 6.04 Å². The van der Waals surface area contributed by atoms with Crippen LogP contribution in [0, 0.1) is 6.92 Å². The number of carbonyl (C=O) groups is 2. The van der Waals surface area contributed by atoms with Gasteiger partial charge in [-0.15, -0.1) is 0 Å². The maximum atomic E-state index is 12.7. The maximum Gasteiger partial charge on any atom is 0.255 e. The highest BCUT2D eigenvalue weighted by Crippen LogP contribution is 2.23. The first-order chi connectivity index (χ1) is 11.9. The van der Waals surface area contributed by atoms with E-state index in [0.717, 1.165) is 11.5 Å². The summed E-state index contributed by atoms with van der Waals surface area (Å²) >= 11 is 0. The number of nitrogens with one attached hydrogen (secondary N) is 1. The summed E-state index contributed by atoms with van der Waals surface area (Å²) in [6.07, 6.45) is 2.20. The van der Waals surface area contributed by atoms with Gasteiger partial charge in [-0.3, -0.25) is 19.2 Å². The fourth-order valence-corrected chi connectivity index (χ4v) is 3.06. The molecule has 1 unspecified atom stereocenters. The van der Waals surface area contributed by atoms with Gasteiger partial charge in [-0.25, -0.2) is 4.98 Å². The van der Waals surface area contributed by atoms with Crippen LogP contribution in [0.3, 0.4) is 0 Å². The summed E-state index contributed by atoms with van der Waals surface area (Å²) in [5, 5.41) is 7.12. The van der Waals surface area contributed by atoms with Crippen LogP contribution in [0.15, 0.2) is 24.4 Å². The van der Waals surface area contributed by atoms with E-state index in [4.69, 9.17) is 0 Å². The molecule has 0 spiro atoms. The number of aromatic nitrogens is 3. The topological polar surface area (TPSA) is 83.4 Å². The van der Waals surface area contributed by atoms with Crippen LogP contribution in [0.5, 0.6) is 0 Å². The van der Waals surface area contributed by atoms with Crippen LogP contribution in [0.4, 0.5) is 11.6 Å². The molecule has 1 aliphatic rings. The molecule has 1 fully saturated rings. The van der Waals surface area contributed by atoms with Gasteiger partial charge in [0.15, 0.2) is 0 Å². The lowest BCUT2D eigenvalue weighted by Gasteiger charge is -2.18. The Labute approximate surface area is 146 Å².